The van der Waals surface area contributed by atoms with Gasteiger partial charge in [0.25, 0.3) is 0 Å². The summed E-state index contributed by atoms with van der Waals surface area (Å²) in [5, 5.41) is 0.603. The summed E-state index contributed by atoms with van der Waals surface area (Å²) in [6.07, 6.45) is 1.17. The number of anilines is 1. The monoisotopic (exact) mass is 399 g/mol. The molecule has 1 aliphatic rings. The second kappa shape index (κ2) is 7.96. The van der Waals surface area contributed by atoms with Crippen LogP contribution < -0.4 is 9.64 Å². The van der Waals surface area contributed by atoms with Crippen molar-refractivity contribution in [2.75, 3.05) is 11.4 Å². The molecule has 1 aliphatic heterocycles. The number of carbonyl (C=O) groups excluding carboxylic acids is 2. The van der Waals surface area contributed by atoms with E-state index in [1.54, 1.807) is 11.0 Å². The standard InChI is InChI=1S/C23H26ClNO3/c1-5-23(3,4)17-7-10-19(11-8-17)28-22(27)16-12-21(26)25(14-16)18-9-6-15(2)20(24)13-18/h6-11,13,16H,5,12,14H2,1-4H3/t16-/m0/s1. The Morgan fingerprint density at radius 3 is 2.50 bits per heavy atom. The number of ether oxygens (including phenoxy) is 1. The first kappa shape index (κ1) is 20.4. The molecule has 148 valence electrons. The number of hydrogen-bond donors (Lipinski definition) is 0. The second-order valence-corrected chi connectivity index (χ2v) is 8.43. The molecule has 28 heavy (non-hydrogen) atoms. The fraction of sp³-hybridized carbons (Fsp3) is 0.391. The molecule has 5 heteroatoms. The van der Waals surface area contributed by atoms with Gasteiger partial charge in [-0.1, -0.05) is 50.6 Å². The summed E-state index contributed by atoms with van der Waals surface area (Å²) < 4.78 is 5.53. The van der Waals surface area contributed by atoms with Crippen molar-refractivity contribution in [1.29, 1.82) is 0 Å². The van der Waals surface area contributed by atoms with Crippen LogP contribution in [-0.2, 0) is 15.0 Å². The highest BCUT2D eigenvalue weighted by atomic mass is 35.5. The Morgan fingerprint density at radius 1 is 1.21 bits per heavy atom. The van der Waals surface area contributed by atoms with Gasteiger partial charge in [0.1, 0.15) is 5.75 Å². The van der Waals surface area contributed by atoms with E-state index in [-0.39, 0.29) is 23.7 Å². The number of benzene rings is 2. The summed E-state index contributed by atoms with van der Waals surface area (Å²) in [6, 6.07) is 13.1. The minimum absolute atomic E-state index is 0.0796. The minimum Gasteiger partial charge on any atom is -0.426 e. The molecular formula is C23H26ClNO3. The van der Waals surface area contributed by atoms with Crippen LogP contribution in [0.1, 0.15) is 44.7 Å². The van der Waals surface area contributed by atoms with Crippen LogP contribution in [-0.4, -0.2) is 18.4 Å². The van der Waals surface area contributed by atoms with E-state index in [1.165, 1.54) is 5.56 Å². The van der Waals surface area contributed by atoms with Crippen LogP contribution in [0.2, 0.25) is 5.02 Å². The van der Waals surface area contributed by atoms with Crippen LogP contribution >= 0.6 is 11.6 Å². The lowest BCUT2D eigenvalue weighted by atomic mass is 9.82. The van der Waals surface area contributed by atoms with Gasteiger partial charge in [0.05, 0.1) is 5.92 Å². The maximum atomic E-state index is 12.6. The molecule has 0 unspecified atom stereocenters. The molecule has 3 rings (SSSR count). The normalized spacial score (nSPS) is 17.1. The van der Waals surface area contributed by atoms with Gasteiger partial charge in [-0.2, -0.15) is 0 Å². The molecule has 1 heterocycles. The summed E-state index contributed by atoms with van der Waals surface area (Å²) in [7, 11) is 0. The molecule has 2 aromatic rings. The molecule has 0 aromatic heterocycles. The fourth-order valence-corrected chi connectivity index (χ4v) is 3.42. The second-order valence-electron chi connectivity index (χ2n) is 8.02. The average molecular weight is 400 g/mol. The molecule has 0 bridgehead atoms. The summed E-state index contributed by atoms with van der Waals surface area (Å²) in [4.78, 5) is 26.6. The van der Waals surface area contributed by atoms with Crippen molar-refractivity contribution in [3.05, 3.63) is 58.6 Å². The Labute approximate surface area is 171 Å². The number of amides is 1. The van der Waals surface area contributed by atoms with Gasteiger partial charge in [0.15, 0.2) is 0 Å². The van der Waals surface area contributed by atoms with Gasteiger partial charge in [0.2, 0.25) is 5.91 Å². The van der Waals surface area contributed by atoms with Crippen LogP contribution in [0.25, 0.3) is 0 Å². The van der Waals surface area contributed by atoms with Crippen molar-refractivity contribution in [2.45, 2.75) is 46.0 Å². The molecule has 1 atom stereocenters. The molecule has 0 saturated carbocycles. The number of nitrogens with zero attached hydrogens (tertiary/aromatic N) is 1. The van der Waals surface area contributed by atoms with Crippen LogP contribution in [0.3, 0.4) is 0 Å². The molecule has 1 amide bonds. The molecule has 0 radical (unpaired) electrons. The van der Waals surface area contributed by atoms with E-state index in [0.29, 0.717) is 23.0 Å². The highest BCUT2D eigenvalue weighted by molar-refractivity contribution is 6.31. The predicted octanol–water partition coefficient (Wildman–Crippen LogP) is 5.29. The molecule has 1 fully saturated rings. The van der Waals surface area contributed by atoms with Crippen molar-refractivity contribution < 1.29 is 14.3 Å². The first-order valence-electron chi connectivity index (χ1n) is 9.60. The SMILES string of the molecule is CCC(C)(C)c1ccc(OC(=O)[C@H]2CC(=O)N(c3ccc(C)c(Cl)c3)C2)cc1. The number of aryl methyl sites for hydroxylation is 1. The Hall–Kier alpha value is -2.33. The van der Waals surface area contributed by atoms with Gasteiger partial charge in [-0.15, -0.1) is 0 Å². The zero-order chi connectivity index (χ0) is 20.5. The molecule has 0 aliphatic carbocycles. The van der Waals surface area contributed by atoms with Crippen molar-refractivity contribution in [2.24, 2.45) is 5.92 Å². The maximum absolute atomic E-state index is 12.6. The van der Waals surface area contributed by atoms with E-state index in [9.17, 15) is 9.59 Å². The van der Waals surface area contributed by atoms with Gasteiger partial charge >= 0.3 is 5.97 Å². The van der Waals surface area contributed by atoms with Gasteiger partial charge in [-0.25, -0.2) is 0 Å². The van der Waals surface area contributed by atoms with E-state index in [2.05, 4.69) is 20.8 Å². The number of carbonyl (C=O) groups is 2. The molecule has 0 spiro atoms. The Bertz CT molecular complexity index is 889. The number of hydrogen-bond acceptors (Lipinski definition) is 3. The van der Waals surface area contributed by atoms with Crippen LogP contribution in [0.4, 0.5) is 5.69 Å². The van der Waals surface area contributed by atoms with Crippen molar-refractivity contribution in [1.82, 2.24) is 0 Å². The van der Waals surface area contributed by atoms with Gasteiger partial charge in [0, 0.05) is 23.7 Å². The Morgan fingerprint density at radius 2 is 1.89 bits per heavy atom. The number of halogens is 1. The third-order valence-electron chi connectivity index (χ3n) is 5.66. The zero-order valence-electron chi connectivity index (χ0n) is 16.8. The summed E-state index contributed by atoms with van der Waals surface area (Å²) in [5.41, 5.74) is 2.94. The summed E-state index contributed by atoms with van der Waals surface area (Å²) in [5.74, 6) is -0.456. The minimum atomic E-state index is -0.487. The van der Waals surface area contributed by atoms with Crippen molar-refractivity contribution in [3.63, 3.8) is 0 Å². The van der Waals surface area contributed by atoms with Crippen molar-refractivity contribution >= 4 is 29.2 Å². The lowest BCUT2D eigenvalue weighted by Crippen LogP contribution is -2.27. The molecular weight excluding hydrogens is 374 g/mol. The third kappa shape index (κ3) is 4.22. The molecule has 2 aromatic carbocycles. The summed E-state index contributed by atoms with van der Waals surface area (Å²) in [6.45, 7) is 8.73. The number of esters is 1. The van der Waals surface area contributed by atoms with E-state index in [1.807, 2.05) is 43.3 Å². The Kier molecular flexibility index (Phi) is 5.80. The Balaban J connectivity index is 1.67. The third-order valence-corrected chi connectivity index (χ3v) is 6.07. The zero-order valence-corrected chi connectivity index (χ0v) is 17.5. The highest BCUT2D eigenvalue weighted by Gasteiger charge is 2.36. The lowest BCUT2D eigenvalue weighted by Gasteiger charge is -2.23. The van der Waals surface area contributed by atoms with Crippen LogP contribution in [0.15, 0.2) is 42.5 Å². The first-order valence-corrected chi connectivity index (χ1v) is 9.98. The largest absolute Gasteiger partial charge is 0.426 e. The fourth-order valence-electron chi connectivity index (χ4n) is 3.24. The van der Waals surface area contributed by atoms with Crippen LogP contribution in [0, 0.1) is 12.8 Å². The quantitative estimate of drug-likeness (QED) is 0.506. The molecule has 4 nitrogen and oxygen atoms in total. The first-order chi connectivity index (χ1) is 13.2. The maximum Gasteiger partial charge on any atom is 0.316 e. The molecule has 0 N–H and O–H groups in total. The highest BCUT2D eigenvalue weighted by Crippen LogP contribution is 2.31. The smallest absolute Gasteiger partial charge is 0.316 e. The average Bonchev–Trinajstić information content (AvgIpc) is 3.06. The van der Waals surface area contributed by atoms with Crippen molar-refractivity contribution in [3.8, 4) is 5.75 Å². The van der Waals surface area contributed by atoms with E-state index in [4.69, 9.17) is 16.3 Å². The number of rotatable bonds is 5. The predicted molar refractivity (Wildman–Crippen MR) is 112 cm³/mol. The topological polar surface area (TPSA) is 46.6 Å². The van der Waals surface area contributed by atoms with E-state index < -0.39 is 5.92 Å². The lowest BCUT2D eigenvalue weighted by molar-refractivity contribution is -0.139. The van der Waals surface area contributed by atoms with E-state index in [0.717, 1.165) is 12.0 Å². The summed E-state index contributed by atoms with van der Waals surface area (Å²) >= 11 is 6.17. The van der Waals surface area contributed by atoms with Crippen LogP contribution in [0.5, 0.6) is 5.75 Å². The van der Waals surface area contributed by atoms with Gasteiger partial charge in [-0.3, -0.25) is 9.59 Å². The van der Waals surface area contributed by atoms with Gasteiger partial charge < -0.3 is 9.64 Å². The molecule has 1 saturated heterocycles. The van der Waals surface area contributed by atoms with Gasteiger partial charge in [-0.05, 0) is 54.2 Å². The van der Waals surface area contributed by atoms with E-state index >= 15 is 0 Å².